The minimum Gasteiger partial charge on any atom is -0.497 e. The van der Waals surface area contributed by atoms with E-state index in [0.29, 0.717) is 12.1 Å². The lowest BCUT2D eigenvalue weighted by Gasteiger charge is -2.16. The molecule has 0 unspecified atom stereocenters. The van der Waals surface area contributed by atoms with Gasteiger partial charge in [-0.05, 0) is 23.8 Å². The van der Waals surface area contributed by atoms with Crippen molar-refractivity contribution in [3.05, 3.63) is 59.7 Å². The number of hydrogen-bond acceptors (Lipinski definition) is 4. The number of hydrogen-bond donors (Lipinski definition) is 1. The van der Waals surface area contributed by atoms with Crippen molar-refractivity contribution in [3.8, 4) is 11.8 Å². The summed E-state index contributed by atoms with van der Waals surface area (Å²) in [6, 6.07) is 17.7. The molecule has 0 bridgehead atoms. The molecule has 2 aromatic carbocycles. The van der Waals surface area contributed by atoms with Crippen molar-refractivity contribution in [1.82, 2.24) is 0 Å². The third-order valence-corrected chi connectivity index (χ3v) is 4.30. The summed E-state index contributed by atoms with van der Waals surface area (Å²) in [4.78, 5) is 0.895. The maximum absolute atomic E-state index is 9.20. The minimum atomic E-state index is 0.121. The van der Waals surface area contributed by atoms with Crippen molar-refractivity contribution in [1.29, 1.82) is 5.26 Å². The van der Waals surface area contributed by atoms with Crippen molar-refractivity contribution in [2.45, 2.75) is 10.1 Å². The van der Waals surface area contributed by atoms with E-state index in [2.05, 4.69) is 18.2 Å². The van der Waals surface area contributed by atoms with Crippen LogP contribution in [-0.4, -0.2) is 13.7 Å². The second kappa shape index (κ2) is 6.99. The normalized spacial score (nSPS) is 11.7. The van der Waals surface area contributed by atoms with E-state index in [4.69, 9.17) is 10.5 Å². The second-order valence-electron chi connectivity index (χ2n) is 4.23. The minimum absolute atomic E-state index is 0.121. The van der Waals surface area contributed by atoms with Crippen LogP contribution in [-0.2, 0) is 0 Å². The smallest absolute Gasteiger partial charge is 0.120 e. The van der Waals surface area contributed by atoms with Crippen molar-refractivity contribution < 1.29 is 4.74 Å². The van der Waals surface area contributed by atoms with E-state index in [-0.39, 0.29) is 5.25 Å². The summed E-state index contributed by atoms with van der Waals surface area (Å²) in [5.74, 6) is 0.746. The van der Waals surface area contributed by atoms with Gasteiger partial charge in [-0.25, -0.2) is 0 Å². The Hall–Kier alpha value is -1.96. The van der Waals surface area contributed by atoms with Gasteiger partial charge in [0.15, 0.2) is 0 Å². The fourth-order valence-electron chi connectivity index (χ4n) is 1.89. The zero-order valence-corrected chi connectivity index (χ0v) is 12.1. The maximum Gasteiger partial charge on any atom is 0.120 e. The van der Waals surface area contributed by atoms with E-state index in [1.807, 2.05) is 24.3 Å². The topological polar surface area (TPSA) is 59.0 Å². The van der Waals surface area contributed by atoms with Crippen LogP contribution in [0.15, 0.2) is 53.4 Å². The zero-order chi connectivity index (χ0) is 14.4. The van der Waals surface area contributed by atoms with Gasteiger partial charge in [-0.1, -0.05) is 30.3 Å². The van der Waals surface area contributed by atoms with E-state index < -0.39 is 0 Å². The number of nitrogens with two attached hydrogens (primary N) is 1. The maximum atomic E-state index is 9.20. The fraction of sp³-hybridized carbons (Fsp3) is 0.188. The Morgan fingerprint density at radius 1 is 1.25 bits per heavy atom. The van der Waals surface area contributed by atoms with Gasteiger partial charge in [0.25, 0.3) is 0 Å². The summed E-state index contributed by atoms with van der Waals surface area (Å²) in [6.07, 6.45) is 0. The van der Waals surface area contributed by atoms with Crippen LogP contribution in [0.4, 0.5) is 0 Å². The Labute approximate surface area is 123 Å². The van der Waals surface area contributed by atoms with Gasteiger partial charge in [0, 0.05) is 16.7 Å². The molecule has 102 valence electrons. The Morgan fingerprint density at radius 3 is 2.60 bits per heavy atom. The van der Waals surface area contributed by atoms with E-state index in [1.54, 1.807) is 31.0 Å². The molecule has 0 radical (unpaired) electrons. The molecule has 0 amide bonds. The van der Waals surface area contributed by atoms with Gasteiger partial charge in [-0.3, -0.25) is 0 Å². The number of thioether (sulfide) groups is 1. The first kappa shape index (κ1) is 14.4. The fourth-order valence-corrected chi connectivity index (χ4v) is 3.01. The molecule has 0 spiro atoms. The first-order chi connectivity index (χ1) is 9.78. The first-order valence-electron chi connectivity index (χ1n) is 6.28. The lowest BCUT2D eigenvalue weighted by Crippen LogP contribution is -2.09. The molecule has 2 aromatic rings. The second-order valence-corrected chi connectivity index (χ2v) is 5.47. The van der Waals surface area contributed by atoms with E-state index in [0.717, 1.165) is 16.2 Å². The molecule has 2 rings (SSSR count). The number of methoxy groups -OCH3 is 1. The highest BCUT2D eigenvalue weighted by Gasteiger charge is 2.14. The summed E-state index contributed by atoms with van der Waals surface area (Å²) in [6.45, 7) is 0.511. The van der Waals surface area contributed by atoms with Gasteiger partial charge in [0.1, 0.15) is 11.8 Å². The van der Waals surface area contributed by atoms with Crippen LogP contribution in [0.5, 0.6) is 5.75 Å². The molecule has 4 heteroatoms. The molecule has 0 aliphatic heterocycles. The molecule has 2 N–H and O–H groups in total. The number of benzene rings is 2. The van der Waals surface area contributed by atoms with Gasteiger partial charge in [-0.2, -0.15) is 5.26 Å². The Bertz CT molecular complexity index is 608. The molecule has 20 heavy (non-hydrogen) atoms. The lowest BCUT2D eigenvalue weighted by molar-refractivity contribution is 0.413. The Kier molecular flexibility index (Phi) is 5.05. The van der Waals surface area contributed by atoms with Crippen LogP contribution in [0.1, 0.15) is 16.4 Å². The van der Waals surface area contributed by atoms with Crippen LogP contribution in [0.2, 0.25) is 0 Å². The van der Waals surface area contributed by atoms with Gasteiger partial charge in [0.2, 0.25) is 0 Å². The predicted octanol–water partition coefficient (Wildman–Crippen LogP) is 3.36. The van der Waals surface area contributed by atoms with Gasteiger partial charge >= 0.3 is 0 Å². The number of rotatable bonds is 5. The highest BCUT2D eigenvalue weighted by atomic mass is 32.2. The number of nitrogens with zero attached hydrogens (tertiary/aromatic N) is 1. The first-order valence-corrected chi connectivity index (χ1v) is 7.16. The summed E-state index contributed by atoms with van der Waals surface area (Å²) >= 11 is 1.60. The van der Waals surface area contributed by atoms with E-state index in [9.17, 15) is 5.26 Å². The summed E-state index contributed by atoms with van der Waals surface area (Å²) in [5.41, 5.74) is 7.68. The number of ether oxygens (including phenoxy) is 1. The molecule has 3 nitrogen and oxygen atoms in total. The molecule has 0 aliphatic rings. The van der Waals surface area contributed by atoms with Crippen molar-refractivity contribution >= 4 is 11.8 Å². The summed E-state index contributed by atoms with van der Waals surface area (Å²) < 4.78 is 5.22. The highest BCUT2D eigenvalue weighted by molar-refractivity contribution is 7.99. The molecule has 0 aromatic heterocycles. The van der Waals surface area contributed by atoms with E-state index in [1.165, 1.54) is 0 Å². The molecular weight excluding hydrogens is 268 g/mol. The lowest BCUT2D eigenvalue weighted by atomic mass is 10.1. The molecule has 0 saturated carbocycles. The van der Waals surface area contributed by atoms with Crippen molar-refractivity contribution in [3.63, 3.8) is 0 Å². The molecule has 0 fully saturated rings. The van der Waals surface area contributed by atoms with Crippen LogP contribution in [0.25, 0.3) is 0 Å². The molecule has 0 saturated heterocycles. The van der Waals surface area contributed by atoms with Crippen molar-refractivity contribution in [2.75, 3.05) is 13.7 Å². The van der Waals surface area contributed by atoms with Crippen LogP contribution in [0.3, 0.4) is 0 Å². The monoisotopic (exact) mass is 284 g/mol. The molecule has 0 aliphatic carbocycles. The average Bonchev–Trinajstić information content (AvgIpc) is 2.53. The zero-order valence-electron chi connectivity index (χ0n) is 11.2. The Balaban J connectivity index is 2.30. The Morgan fingerprint density at radius 2 is 2.00 bits per heavy atom. The average molecular weight is 284 g/mol. The predicted molar refractivity (Wildman–Crippen MR) is 81.8 cm³/mol. The standard InChI is InChI=1S/C16H16N2OS/c1-19-14-8-7-13(10-17)15(9-14)20-16(11-18)12-5-3-2-4-6-12/h2-9,16H,11,18H2,1H3/t16-/m1/s1. The van der Waals surface area contributed by atoms with Gasteiger partial charge in [-0.15, -0.1) is 11.8 Å². The van der Waals surface area contributed by atoms with Gasteiger partial charge < -0.3 is 10.5 Å². The van der Waals surface area contributed by atoms with Gasteiger partial charge in [0.05, 0.1) is 12.7 Å². The summed E-state index contributed by atoms with van der Waals surface area (Å²) in [7, 11) is 1.62. The third-order valence-electron chi connectivity index (χ3n) is 2.96. The quantitative estimate of drug-likeness (QED) is 0.855. The van der Waals surface area contributed by atoms with E-state index >= 15 is 0 Å². The third kappa shape index (κ3) is 3.32. The van der Waals surface area contributed by atoms with Crippen molar-refractivity contribution in [2.24, 2.45) is 5.73 Å². The molecule has 0 heterocycles. The van der Waals surface area contributed by atoms with Crippen LogP contribution >= 0.6 is 11.8 Å². The largest absolute Gasteiger partial charge is 0.497 e. The number of nitriles is 1. The van der Waals surface area contributed by atoms with Crippen LogP contribution < -0.4 is 10.5 Å². The van der Waals surface area contributed by atoms with Crippen LogP contribution in [0, 0.1) is 11.3 Å². The summed E-state index contributed by atoms with van der Waals surface area (Å²) in [5, 5.41) is 9.32. The molecule has 1 atom stereocenters. The SMILES string of the molecule is COc1ccc(C#N)c(S[C@H](CN)c2ccccc2)c1. The molecular formula is C16H16N2OS. The highest BCUT2D eigenvalue weighted by Crippen LogP contribution is 2.37.